The lowest BCUT2D eigenvalue weighted by molar-refractivity contribution is 0.311. The summed E-state index contributed by atoms with van der Waals surface area (Å²) >= 11 is 0. The predicted octanol–water partition coefficient (Wildman–Crippen LogP) is 4.09. The van der Waals surface area contributed by atoms with Crippen molar-refractivity contribution in [3.8, 4) is 0 Å². The summed E-state index contributed by atoms with van der Waals surface area (Å²) in [5, 5.41) is 4.73. The summed E-state index contributed by atoms with van der Waals surface area (Å²) in [7, 11) is 4.18. The minimum absolute atomic E-state index is 0.0629. The second-order valence-corrected chi connectivity index (χ2v) is 6.43. The molecule has 116 valence electrons. The van der Waals surface area contributed by atoms with E-state index in [1.165, 1.54) is 0 Å². The van der Waals surface area contributed by atoms with E-state index in [1.807, 2.05) is 36.4 Å². The molecule has 0 amide bonds. The zero-order valence-corrected chi connectivity index (χ0v) is 13.9. The fourth-order valence-electron chi connectivity index (χ4n) is 2.70. The Kier molecular flexibility index (Phi) is 5.34. The van der Waals surface area contributed by atoms with E-state index in [0.29, 0.717) is 0 Å². The number of benzene rings is 2. The second kappa shape index (κ2) is 7.23. The number of para-hydroxylation sites is 1. The van der Waals surface area contributed by atoms with Gasteiger partial charge in [0.05, 0.1) is 11.4 Å². The topological polar surface area (TPSA) is 27.6 Å². The molecule has 0 aromatic heterocycles. The van der Waals surface area contributed by atoms with Gasteiger partial charge in [0.2, 0.25) is 0 Å². The normalized spacial score (nSPS) is 12.5. The average Bonchev–Trinajstić information content (AvgIpc) is 2.48. The van der Waals surface area contributed by atoms with E-state index >= 15 is 0 Å². The van der Waals surface area contributed by atoms with Crippen molar-refractivity contribution < 1.29 is 0 Å². The molecule has 0 saturated heterocycles. The van der Waals surface area contributed by atoms with Crippen molar-refractivity contribution in [1.82, 2.24) is 4.90 Å². The second-order valence-electron chi connectivity index (χ2n) is 6.43. The van der Waals surface area contributed by atoms with Gasteiger partial charge in [-0.05, 0) is 31.8 Å². The molecule has 0 bridgehead atoms. The molecule has 0 unspecified atom stereocenters. The number of rotatable bonds is 6. The molecule has 0 radical (unpaired) electrons. The highest BCUT2D eigenvalue weighted by Gasteiger charge is 2.27. The van der Waals surface area contributed by atoms with Crippen molar-refractivity contribution in [3.05, 3.63) is 66.2 Å². The first-order valence-corrected chi connectivity index (χ1v) is 7.58. The van der Waals surface area contributed by atoms with Crippen molar-refractivity contribution in [2.24, 2.45) is 10.5 Å². The van der Waals surface area contributed by atoms with Gasteiger partial charge in [-0.2, -0.15) is 5.10 Å². The fraction of sp³-hybridized carbons (Fsp3) is 0.316. The number of hydrazone groups is 1. The van der Waals surface area contributed by atoms with Gasteiger partial charge in [-0.3, -0.25) is 5.43 Å². The van der Waals surface area contributed by atoms with E-state index in [-0.39, 0.29) is 5.41 Å². The predicted molar refractivity (Wildman–Crippen MR) is 95.4 cm³/mol. The van der Waals surface area contributed by atoms with E-state index in [4.69, 9.17) is 5.10 Å². The molecule has 0 aliphatic heterocycles. The summed E-state index contributed by atoms with van der Waals surface area (Å²) in [6, 6.07) is 20.4. The molecular weight excluding hydrogens is 270 g/mol. The highest BCUT2D eigenvalue weighted by atomic mass is 15.3. The third-order valence-electron chi connectivity index (χ3n) is 3.47. The Morgan fingerprint density at radius 3 is 2.05 bits per heavy atom. The van der Waals surface area contributed by atoms with Crippen molar-refractivity contribution in [3.63, 3.8) is 0 Å². The lowest BCUT2D eigenvalue weighted by Crippen LogP contribution is -2.36. The van der Waals surface area contributed by atoms with Crippen LogP contribution in [0.1, 0.15) is 19.4 Å². The van der Waals surface area contributed by atoms with Gasteiger partial charge in [-0.15, -0.1) is 0 Å². The summed E-state index contributed by atoms with van der Waals surface area (Å²) in [5.41, 5.74) is 6.34. The Hall–Kier alpha value is -2.13. The summed E-state index contributed by atoms with van der Waals surface area (Å²) in [6.07, 6.45) is 0. The third-order valence-corrected chi connectivity index (χ3v) is 3.47. The zero-order valence-electron chi connectivity index (χ0n) is 13.9. The summed E-state index contributed by atoms with van der Waals surface area (Å²) in [6.45, 7) is 5.38. The van der Waals surface area contributed by atoms with Gasteiger partial charge in [-0.1, -0.05) is 62.4 Å². The van der Waals surface area contributed by atoms with Gasteiger partial charge in [0, 0.05) is 12.0 Å². The lowest BCUT2D eigenvalue weighted by Gasteiger charge is -2.30. The maximum atomic E-state index is 4.73. The van der Waals surface area contributed by atoms with Crippen molar-refractivity contribution in [2.75, 3.05) is 26.1 Å². The molecule has 22 heavy (non-hydrogen) atoms. The van der Waals surface area contributed by atoms with Crippen molar-refractivity contribution >= 4 is 11.4 Å². The molecule has 2 aromatic rings. The number of nitrogens with one attached hydrogen (secondary N) is 1. The Labute approximate surface area is 133 Å². The number of anilines is 1. The first-order valence-electron chi connectivity index (χ1n) is 7.58. The Morgan fingerprint density at radius 1 is 0.955 bits per heavy atom. The zero-order chi connectivity index (χ0) is 16.0. The molecular formula is C19H25N3. The molecule has 0 atom stereocenters. The summed E-state index contributed by atoms with van der Waals surface area (Å²) < 4.78 is 0. The van der Waals surface area contributed by atoms with Gasteiger partial charge >= 0.3 is 0 Å². The third kappa shape index (κ3) is 4.43. The van der Waals surface area contributed by atoms with Crippen LogP contribution in [0.3, 0.4) is 0 Å². The van der Waals surface area contributed by atoms with E-state index in [2.05, 4.69) is 62.5 Å². The molecule has 0 heterocycles. The molecule has 0 aliphatic carbocycles. The molecule has 1 N–H and O–H groups in total. The van der Waals surface area contributed by atoms with Crippen LogP contribution in [0.15, 0.2) is 65.8 Å². The number of nitrogens with zero attached hydrogens (tertiary/aromatic N) is 2. The molecule has 0 saturated carbocycles. The Morgan fingerprint density at radius 2 is 1.50 bits per heavy atom. The molecule has 0 fully saturated rings. The first-order chi connectivity index (χ1) is 10.5. The van der Waals surface area contributed by atoms with E-state index in [1.54, 1.807) is 0 Å². The van der Waals surface area contributed by atoms with Crippen LogP contribution >= 0.6 is 0 Å². The Balaban J connectivity index is 2.33. The van der Waals surface area contributed by atoms with Crippen LogP contribution in [-0.4, -0.2) is 31.3 Å². The Bertz CT molecular complexity index is 601. The van der Waals surface area contributed by atoms with Crippen LogP contribution in [0.4, 0.5) is 5.69 Å². The van der Waals surface area contributed by atoms with Crippen LogP contribution < -0.4 is 5.43 Å². The van der Waals surface area contributed by atoms with Crippen LogP contribution in [0.2, 0.25) is 0 Å². The van der Waals surface area contributed by atoms with Gasteiger partial charge in [0.15, 0.2) is 0 Å². The van der Waals surface area contributed by atoms with Crippen LogP contribution in [0.5, 0.6) is 0 Å². The monoisotopic (exact) mass is 295 g/mol. The maximum absolute atomic E-state index is 4.73. The maximum Gasteiger partial charge on any atom is 0.0748 e. The molecule has 0 aliphatic rings. The number of hydrogen-bond acceptors (Lipinski definition) is 3. The van der Waals surface area contributed by atoms with Gasteiger partial charge in [0.25, 0.3) is 0 Å². The first kappa shape index (κ1) is 16.2. The highest BCUT2D eigenvalue weighted by molar-refractivity contribution is 6.04. The quantitative estimate of drug-likeness (QED) is 0.642. The molecule has 2 rings (SSSR count). The fourth-order valence-corrected chi connectivity index (χ4v) is 2.70. The van der Waals surface area contributed by atoms with Crippen LogP contribution in [0, 0.1) is 5.41 Å². The smallest absolute Gasteiger partial charge is 0.0748 e. The van der Waals surface area contributed by atoms with E-state index in [9.17, 15) is 0 Å². The largest absolute Gasteiger partial charge is 0.308 e. The number of hydrogen-bond donors (Lipinski definition) is 1. The van der Waals surface area contributed by atoms with E-state index < -0.39 is 0 Å². The van der Waals surface area contributed by atoms with Crippen LogP contribution in [0.25, 0.3) is 0 Å². The molecule has 3 heteroatoms. The average molecular weight is 295 g/mol. The van der Waals surface area contributed by atoms with Crippen LogP contribution in [-0.2, 0) is 0 Å². The SMILES string of the molecule is CN(C)CC(C)(C)/C(=N\Nc1ccccc1)c1ccccc1. The summed E-state index contributed by atoms with van der Waals surface area (Å²) in [5.74, 6) is 0. The summed E-state index contributed by atoms with van der Waals surface area (Å²) in [4.78, 5) is 2.20. The van der Waals surface area contributed by atoms with Gasteiger partial charge in [-0.25, -0.2) is 0 Å². The van der Waals surface area contributed by atoms with E-state index in [0.717, 1.165) is 23.5 Å². The minimum Gasteiger partial charge on any atom is -0.308 e. The van der Waals surface area contributed by atoms with Crippen molar-refractivity contribution in [1.29, 1.82) is 0 Å². The van der Waals surface area contributed by atoms with Gasteiger partial charge < -0.3 is 4.90 Å². The molecule has 0 spiro atoms. The van der Waals surface area contributed by atoms with Gasteiger partial charge in [0.1, 0.15) is 0 Å². The highest BCUT2D eigenvalue weighted by Crippen LogP contribution is 2.24. The lowest BCUT2D eigenvalue weighted by atomic mass is 9.83. The molecule has 3 nitrogen and oxygen atoms in total. The minimum atomic E-state index is -0.0629. The van der Waals surface area contributed by atoms with Crippen molar-refractivity contribution in [2.45, 2.75) is 13.8 Å². The standard InChI is InChI=1S/C19H25N3/c1-19(2,15-22(3)4)18(16-11-7-5-8-12-16)21-20-17-13-9-6-10-14-17/h5-14,20H,15H2,1-4H3/b21-18-. The molecule has 2 aromatic carbocycles.